The van der Waals surface area contributed by atoms with Crippen LogP contribution < -0.4 is 4.90 Å². The van der Waals surface area contributed by atoms with E-state index in [1.807, 2.05) is 30.8 Å². The van der Waals surface area contributed by atoms with E-state index in [-0.39, 0.29) is 29.9 Å². The van der Waals surface area contributed by atoms with Crippen molar-refractivity contribution in [2.24, 2.45) is 29.1 Å². The van der Waals surface area contributed by atoms with Crippen molar-refractivity contribution < 1.29 is 14.4 Å². The molecule has 0 unspecified atom stereocenters. The number of pyridine rings is 1. The molecule has 1 saturated heterocycles. The van der Waals surface area contributed by atoms with Crippen LogP contribution in [0, 0.1) is 29.1 Å². The van der Waals surface area contributed by atoms with Gasteiger partial charge in [-0.3, -0.25) is 19.1 Å². The minimum absolute atomic E-state index is 0.0126. The van der Waals surface area contributed by atoms with Gasteiger partial charge in [-0.15, -0.1) is 0 Å². The highest BCUT2D eigenvalue weighted by molar-refractivity contribution is 6.09. The lowest BCUT2D eigenvalue weighted by molar-refractivity contribution is -0.136. The number of amides is 1. The second kappa shape index (κ2) is 14.3. The molecule has 4 bridgehead atoms. The molecule has 3 heterocycles. The monoisotopic (exact) mass is 715 g/mol. The average Bonchev–Trinajstić information content (AvgIpc) is 3.57. The van der Waals surface area contributed by atoms with Crippen LogP contribution in [0.15, 0.2) is 59.5 Å². The zero-order chi connectivity index (χ0) is 37.0. The van der Waals surface area contributed by atoms with Gasteiger partial charge < -0.3 is 9.80 Å². The first kappa shape index (κ1) is 35.9. The topological polar surface area (TPSA) is 88.4 Å². The van der Waals surface area contributed by atoms with Crippen LogP contribution in [0.25, 0.3) is 22.0 Å². The number of rotatable bonds is 11. The number of aromatic nitrogens is 3. The number of carbonyl (C=O) groups excluding carboxylic acids is 3. The number of carbonyl (C=O) groups is 3. The van der Waals surface area contributed by atoms with Crippen LogP contribution >= 0.6 is 0 Å². The predicted molar refractivity (Wildman–Crippen MR) is 211 cm³/mol. The molecule has 2 aromatic heterocycles. The van der Waals surface area contributed by atoms with E-state index in [4.69, 9.17) is 4.98 Å². The highest BCUT2D eigenvalue weighted by Gasteiger charge is 2.50. The van der Waals surface area contributed by atoms with Gasteiger partial charge in [-0.25, -0.2) is 4.98 Å². The molecule has 280 valence electrons. The molecule has 1 atom stereocenters. The number of benzene rings is 1. The van der Waals surface area contributed by atoms with Gasteiger partial charge >= 0.3 is 0 Å². The Hall–Kier alpha value is -4.07. The van der Waals surface area contributed by atoms with Crippen molar-refractivity contribution in [1.29, 1.82) is 0 Å². The fraction of sp³-hybridized carbons (Fsp3) is 0.578. The second-order valence-electron chi connectivity index (χ2n) is 17.9. The van der Waals surface area contributed by atoms with Gasteiger partial charge in [0.1, 0.15) is 5.82 Å². The molecule has 0 N–H and O–H groups in total. The highest BCUT2D eigenvalue weighted by atomic mass is 16.2. The van der Waals surface area contributed by atoms with Crippen LogP contribution in [0.2, 0.25) is 0 Å². The molecule has 1 amide bonds. The first-order chi connectivity index (χ1) is 25.4. The molecule has 9 rings (SSSR count). The third-order valence-electron chi connectivity index (χ3n) is 13.5. The SMILES string of the molecule is CC1=CC(C)=C(CCC(=O)c2cc(-c3ccc(N4CCN(C(=O)[C@H](C)CCC56CC7CC(CC(C7)C5)C6)CC4)nc3)cc3c2cnn3C(C)C)C(=O)C1. The molecule has 1 aliphatic heterocycles. The van der Waals surface area contributed by atoms with Gasteiger partial charge in [0.2, 0.25) is 5.91 Å². The zero-order valence-electron chi connectivity index (χ0n) is 32.5. The highest BCUT2D eigenvalue weighted by Crippen LogP contribution is 2.61. The zero-order valence-corrected chi connectivity index (χ0v) is 32.5. The molecule has 6 aliphatic rings. The number of allylic oxidation sites excluding steroid dienone is 4. The molecule has 0 radical (unpaired) electrons. The third-order valence-corrected chi connectivity index (χ3v) is 13.5. The Morgan fingerprint density at radius 2 is 1.60 bits per heavy atom. The van der Waals surface area contributed by atoms with Gasteiger partial charge in [0, 0.05) is 73.7 Å². The van der Waals surface area contributed by atoms with Gasteiger partial charge in [-0.1, -0.05) is 18.6 Å². The fourth-order valence-corrected chi connectivity index (χ4v) is 11.2. The van der Waals surface area contributed by atoms with Crippen molar-refractivity contribution >= 4 is 34.2 Å². The molecule has 3 aromatic rings. The van der Waals surface area contributed by atoms with E-state index in [0.29, 0.717) is 29.7 Å². The van der Waals surface area contributed by atoms with E-state index in [1.165, 1.54) is 44.9 Å². The average molecular weight is 716 g/mol. The summed E-state index contributed by atoms with van der Waals surface area (Å²) in [4.78, 5) is 49.4. The minimum Gasteiger partial charge on any atom is -0.353 e. The fourth-order valence-electron chi connectivity index (χ4n) is 11.2. The van der Waals surface area contributed by atoms with Gasteiger partial charge in [-0.05, 0) is 150 Å². The summed E-state index contributed by atoms with van der Waals surface area (Å²) < 4.78 is 1.97. The van der Waals surface area contributed by atoms with Crippen LogP contribution in [0.1, 0.15) is 122 Å². The molecule has 8 heteroatoms. The Bertz CT molecular complexity index is 1940. The number of anilines is 1. The summed E-state index contributed by atoms with van der Waals surface area (Å²) in [5, 5.41) is 5.49. The standard InChI is InChI=1S/C45H57N5O3/c1-28(2)50-40-22-36(21-38(39(40)27-47-50)41(51)8-7-37-31(5)16-29(3)17-42(37)52)35-6-9-43(46-26-35)48-12-14-49(15-13-48)44(53)30(4)10-11-45-23-32-18-33(24-45)20-34(19-32)25-45/h6,9,16,21-22,26-28,30,32-34H,7-8,10-15,17-20,23-25H2,1-5H3/t30-,32?,33?,34?,45?/m1/s1. The van der Waals surface area contributed by atoms with Crippen molar-refractivity contribution in [1.82, 2.24) is 19.7 Å². The summed E-state index contributed by atoms with van der Waals surface area (Å²) in [5.74, 6) is 4.34. The number of ketones is 2. The van der Waals surface area contributed by atoms with Crippen molar-refractivity contribution in [3.05, 3.63) is 65.0 Å². The third kappa shape index (κ3) is 7.15. The number of piperazine rings is 1. The lowest BCUT2D eigenvalue weighted by atomic mass is 9.48. The first-order valence-electron chi connectivity index (χ1n) is 20.4. The minimum atomic E-state index is 0.0126. The van der Waals surface area contributed by atoms with Crippen molar-refractivity contribution in [3.8, 4) is 11.1 Å². The summed E-state index contributed by atoms with van der Waals surface area (Å²) >= 11 is 0. The van der Waals surface area contributed by atoms with Crippen LogP contribution in [0.5, 0.6) is 0 Å². The molecule has 5 aliphatic carbocycles. The van der Waals surface area contributed by atoms with Crippen molar-refractivity contribution in [3.63, 3.8) is 0 Å². The number of fused-ring (bicyclic) bond motifs is 1. The van der Waals surface area contributed by atoms with Crippen LogP contribution in [0.4, 0.5) is 5.82 Å². The summed E-state index contributed by atoms with van der Waals surface area (Å²) in [6, 6.07) is 8.35. The summed E-state index contributed by atoms with van der Waals surface area (Å²) in [7, 11) is 0. The van der Waals surface area contributed by atoms with Crippen LogP contribution in [-0.4, -0.2) is 63.3 Å². The van der Waals surface area contributed by atoms with E-state index >= 15 is 0 Å². The van der Waals surface area contributed by atoms with Crippen molar-refractivity contribution in [2.45, 2.75) is 111 Å². The van der Waals surface area contributed by atoms with Crippen molar-refractivity contribution in [2.75, 3.05) is 31.1 Å². The number of hydrogen-bond acceptors (Lipinski definition) is 6. The van der Waals surface area contributed by atoms with E-state index < -0.39 is 0 Å². The van der Waals surface area contributed by atoms with E-state index in [2.05, 4.69) is 59.9 Å². The Morgan fingerprint density at radius 1 is 0.906 bits per heavy atom. The summed E-state index contributed by atoms with van der Waals surface area (Å²) in [5.41, 5.74) is 6.73. The van der Waals surface area contributed by atoms with E-state index in [9.17, 15) is 14.4 Å². The second-order valence-corrected chi connectivity index (χ2v) is 17.9. The molecule has 8 nitrogen and oxygen atoms in total. The van der Waals surface area contributed by atoms with Gasteiger partial charge in [0.15, 0.2) is 11.6 Å². The Balaban J connectivity index is 0.916. The number of hydrogen-bond donors (Lipinski definition) is 0. The molecule has 1 aromatic carbocycles. The van der Waals surface area contributed by atoms with Gasteiger partial charge in [-0.2, -0.15) is 5.10 Å². The predicted octanol–water partition coefficient (Wildman–Crippen LogP) is 9.16. The molecule has 4 saturated carbocycles. The molecule has 53 heavy (non-hydrogen) atoms. The Morgan fingerprint density at radius 3 is 2.23 bits per heavy atom. The van der Waals surface area contributed by atoms with Crippen LogP contribution in [-0.2, 0) is 9.59 Å². The smallest absolute Gasteiger partial charge is 0.225 e. The summed E-state index contributed by atoms with van der Waals surface area (Å²) in [6.45, 7) is 13.3. The number of Topliss-reactive ketones (excluding diaryl/α,β-unsaturated/α-hetero) is 2. The van der Waals surface area contributed by atoms with Gasteiger partial charge in [0.25, 0.3) is 0 Å². The maximum atomic E-state index is 13.8. The first-order valence-corrected chi connectivity index (χ1v) is 20.4. The lowest BCUT2D eigenvalue weighted by Gasteiger charge is -2.57. The maximum absolute atomic E-state index is 13.8. The number of nitrogens with zero attached hydrogens (tertiary/aromatic N) is 5. The lowest BCUT2D eigenvalue weighted by Crippen LogP contribution is -2.50. The molecular formula is C45H57N5O3. The molecule has 5 fully saturated rings. The molecular weight excluding hydrogens is 659 g/mol. The quantitative estimate of drug-likeness (QED) is 0.184. The van der Waals surface area contributed by atoms with Crippen LogP contribution in [0.3, 0.4) is 0 Å². The largest absolute Gasteiger partial charge is 0.353 e. The van der Waals surface area contributed by atoms with Gasteiger partial charge in [0.05, 0.1) is 11.7 Å². The van der Waals surface area contributed by atoms with E-state index in [1.54, 1.807) is 6.20 Å². The Labute approximate surface area is 315 Å². The van der Waals surface area contributed by atoms with E-state index in [0.717, 1.165) is 94.9 Å². The Kier molecular flexibility index (Phi) is 9.69. The maximum Gasteiger partial charge on any atom is 0.225 e. The summed E-state index contributed by atoms with van der Waals surface area (Å²) in [6.07, 6.45) is 17.8. The normalized spacial score (nSPS) is 26.2. The molecule has 0 spiro atoms.